The summed E-state index contributed by atoms with van der Waals surface area (Å²) in [6, 6.07) is 3.27. The lowest BCUT2D eigenvalue weighted by molar-refractivity contribution is 0.309. The van der Waals surface area contributed by atoms with Gasteiger partial charge in [-0.15, -0.1) is 0 Å². The maximum absolute atomic E-state index is 13.3. The Morgan fingerprint density at radius 2 is 2.27 bits per heavy atom. The molecule has 1 aromatic rings. The van der Waals surface area contributed by atoms with Crippen LogP contribution in [0.3, 0.4) is 0 Å². The Labute approximate surface area is 64.2 Å². The number of pyridine rings is 1. The van der Waals surface area contributed by atoms with E-state index in [0.717, 1.165) is 0 Å². The smallest absolute Gasteiger partial charge is 0.153 e. The van der Waals surface area contributed by atoms with Crippen molar-refractivity contribution in [1.29, 1.82) is 0 Å². The molecule has 2 rings (SSSR count). The molecule has 1 aliphatic rings. The second-order valence-electron chi connectivity index (χ2n) is 2.94. The van der Waals surface area contributed by atoms with Crippen LogP contribution in [-0.2, 0) is 5.67 Å². The fraction of sp³-hybridized carbons (Fsp3) is 0.375. The van der Waals surface area contributed by atoms with Crippen molar-refractivity contribution < 1.29 is 4.39 Å². The van der Waals surface area contributed by atoms with Gasteiger partial charge in [0, 0.05) is 11.9 Å². The van der Waals surface area contributed by atoms with Gasteiger partial charge in [0.05, 0.1) is 5.69 Å². The van der Waals surface area contributed by atoms with Gasteiger partial charge in [-0.2, -0.15) is 0 Å². The molecule has 0 bridgehead atoms. The first-order chi connectivity index (χ1) is 5.21. The second-order valence-corrected chi connectivity index (χ2v) is 2.94. The van der Waals surface area contributed by atoms with Gasteiger partial charge < -0.3 is 5.73 Å². The maximum Gasteiger partial charge on any atom is 0.153 e. The van der Waals surface area contributed by atoms with Gasteiger partial charge in [0.2, 0.25) is 0 Å². The highest BCUT2D eigenvalue weighted by atomic mass is 19.1. The van der Waals surface area contributed by atoms with Crippen molar-refractivity contribution in [2.24, 2.45) is 0 Å². The monoisotopic (exact) mass is 152 g/mol. The number of alkyl halides is 1. The third kappa shape index (κ3) is 1.06. The van der Waals surface area contributed by atoms with Gasteiger partial charge in [-0.3, -0.25) is 4.98 Å². The van der Waals surface area contributed by atoms with Gasteiger partial charge in [-0.1, -0.05) is 0 Å². The average Bonchev–Trinajstić information content (AvgIpc) is 2.70. The van der Waals surface area contributed by atoms with Crippen LogP contribution in [0.4, 0.5) is 10.1 Å². The Bertz CT molecular complexity index is 281. The number of aromatic nitrogens is 1. The van der Waals surface area contributed by atoms with Crippen LogP contribution in [0.2, 0.25) is 0 Å². The quantitative estimate of drug-likeness (QED) is 0.664. The molecule has 0 atom stereocenters. The van der Waals surface area contributed by atoms with Crippen molar-refractivity contribution in [2.75, 3.05) is 5.73 Å². The standard InChI is InChI=1S/C8H9FN2/c9-8(2-3-8)7-5-6(10)1-4-11-7/h1,4-5H,2-3H2,(H2,10,11). The summed E-state index contributed by atoms with van der Waals surface area (Å²) in [7, 11) is 0. The predicted molar refractivity (Wildman–Crippen MR) is 40.7 cm³/mol. The van der Waals surface area contributed by atoms with Crippen LogP contribution >= 0.6 is 0 Å². The van der Waals surface area contributed by atoms with E-state index in [1.54, 1.807) is 18.3 Å². The van der Waals surface area contributed by atoms with Crippen molar-refractivity contribution in [3.63, 3.8) is 0 Å². The zero-order valence-electron chi connectivity index (χ0n) is 6.05. The number of hydrogen-bond acceptors (Lipinski definition) is 2. The molecule has 0 radical (unpaired) electrons. The van der Waals surface area contributed by atoms with E-state index in [9.17, 15) is 4.39 Å². The third-order valence-electron chi connectivity index (χ3n) is 1.93. The van der Waals surface area contributed by atoms with E-state index in [1.807, 2.05) is 0 Å². The molecular weight excluding hydrogens is 143 g/mol. The molecule has 0 saturated heterocycles. The lowest BCUT2D eigenvalue weighted by Gasteiger charge is -2.03. The van der Waals surface area contributed by atoms with Crippen LogP contribution in [-0.4, -0.2) is 4.98 Å². The lowest BCUT2D eigenvalue weighted by Crippen LogP contribution is -2.01. The van der Waals surface area contributed by atoms with E-state index in [0.29, 0.717) is 24.2 Å². The molecule has 0 unspecified atom stereocenters. The van der Waals surface area contributed by atoms with Crippen molar-refractivity contribution in [1.82, 2.24) is 4.98 Å². The molecule has 2 nitrogen and oxygen atoms in total. The number of halogens is 1. The molecular formula is C8H9FN2. The minimum Gasteiger partial charge on any atom is -0.399 e. The summed E-state index contributed by atoms with van der Waals surface area (Å²) < 4.78 is 13.3. The molecule has 1 fully saturated rings. The molecule has 1 saturated carbocycles. The summed E-state index contributed by atoms with van der Waals surface area (Å²) in [4.78, 5) is 3.92. The molecule has 11 heavy (non-hydrogen) atoms. The first-order valence-corrected chi connectivity index (χ1v) is 3.62. The Balaban J connectivity index is 2.38. The molecule has 1 aromatic heterocycles. The van der Waals surface area contributed by atoms with E-state index in [2.05, 4.69) is 4.98 Å². The molecule has 3 heteroatoms. The average molecular weight is 152 g/mol. The van der Waals surface area contributed by atoms with E-state index < -0.39 is 5.67 Å². The Hall–Kier alpha value is -1.12. The normalized spacial score (nSPS) is 19.7. The molecule has 1 heterocycles. The summed E-state index contributed by atoms with van der Waals surface area (Å²) >= 11 is 0. The van der Waals surface area contributed by atoms with Crippen molar-refractivity contribution in [3.8, 4) is 0 Å². The number of nitrogens with zero attached hydrogens (tertiary/aromatic N) is 1. The van der Waals surface area contributed by atoms with E-state index >= 15 is 0 Å². The SMILES string of the molecule is Nc1ccnc(C2(F)CC2)c1. The van der Waals surface area contributed by atoms with Crippen LogP contribution in [0.1, 0.15) is 18.5 Å². The van der Waals surface area contributed by atoms with Gasteiger partial charge in [0.15, 0.2) is 5.67 Å². The first-order valence-electron chi connectivity index (χ1n) is 3.62. The fourth-order valence-corrected chi connectivity index (χ4v) is 1.06. The van der Waals surface area contributed by atoms with Gasteiger partial charge in [-0.25, -0.2) is 4.39 Å². The highest BCUT2D eigenvalue weighted by Gasteiger charge is 2.46. The zero-order valence-corrected chi connectivity index (χ0v) is 6.05. The van der Waals surface area contributed by atoms with Crippen LogP contribution in [0.15, 0.2) is 18.3 Å². The topological polar surface area (TPSA) is 38.9 Å². The molecule has 58 valence electrons. The zero-order chi connectivity index (χ0) is 7.90. The summed E-state index contributed by atoms with van der Waals surface area (Å²) in [6.45, 7) is 0. The van der Waals surface area contributed by atoms with E-state index in [-0.39, 0.29) is 0 Å². The van der Waals surface area contributed by atoms with Crippen molar-refractivity contribution in [2.45, 2.75) is 18.5 Å². The predicted octanol–water partition coefficient (Wildman–Crippen LogP) is 1.62. The molecule has 0 aromatic carbocycles. The van der Waals surface area contributed by atoms with Gasteiger partial charge >= 0.3 is 0 Å². The fourth-order valence-electron chi connectivity index (χ4n) is 1.06. The van der Waals surface area contributed by atoms with Crippen molar-refractivity contribution in [3.05, 3.63) is 24.0 Å². The number of rotatable bonds is 1. The maximum atomic E-state index is 13.3. The Kier molecular flexibility index (Phi) is 1.16. The van der Waals surface area contributed by atoms with Gasteiger partial charge in [0.25, 0.3) is 0 Å². The van der Waals surface area contributed by atoms with Crippen LogP contribution < -0.4 is 5.73 Å². The van der Waals surface area contributed by atoms with E-state index in [4.69, 9.17) is 5.73 Å². The Morgan fingerprint density at radius 3 is 2.82 bits per heavy atom. The van der Waals surface area contributed by atoms with Crippen LogP contribution in [0, 0.1) is 0 Å². The third-order valence-corrected chi connectivity index (χ3v) is 1.93. The summed E-state index contributed by atoms with van der Waals surface area (Å²) in [5, 5.41) is 0. The molecule has 2 N–H and O–H groups in total. The number of anilines is 1. The largest absolute Gasteiger partial charge is 0.399 e. The highest BCUT2D eigenvalue weighted by Crippen LogP contribution is 2.48. The minimum absolute atomic E-state index is 0.484. The number of hydrogen-bond donors (Lipinski definition) is 1. The Morgan fingerprint density at radius 1 is 1.55 bits per heavy atom. The first kappa shape index (κ1) is 6.58. The minimum atomic E-state index is -1.16. The number of nitrogen functional groups attached to an aromatic ring is 1. The molecule has 0 aliphatic heterocycles. The van der Waals surface area contributed by atoms with Crippen LogP contribution in [0.25, 0.3) is 0 Å². The molecule has 1 aliphatic carbocycles. The van der Waals surface area contributed by atoms with Gasteiger partial charge in [-0.05, 0) is 25.0 Å². The second kappa shape index (κ2) is 1.94. The molecule has 0 amide bonds. The molecule has 0 spiro atoms. The number of nitrogens with two attached hydrogens (primary N) is 1. The van der Waals surface area contributed by atoms with Crippen molar-refractivity contribution >= 4 is 5.69 Å². The van der Waals surface area contributed by atoms with Crippen LogP contribution in [0.5, 0.6) is 0 Å². The van der Waals surface area contributed by atoms with E-state index in [1.165, 1.54) is 0 Å². The lowest BCUT2D eigenvalue weighted by atomic mass is 10.2. The van der Waals surface area contributed by atoms with Gasteiger partial charge in [0.1, 0.15) is 0 Å². The summed E-state index contributed by atoms with van der Waals surface area (Å²) in [5.41, 5.74) is 5.39. The highest BCUT2D eigenvalue weighted by molar-refractivity contribution is 5.40. The summed E-state index contributed by atoms with van der Waals surface area (Å²) in [6.07, 6.45) is 2.72. The summed E-state index contributed by atoms with van der Waals surface area (Å²) in [5.74, 6) is 0.